The normalized spacial score (nSPS) is 21.9. The zero-order valence-corrected chi connectivity index (χ0v) is 24.8. The Labute approximate surface area is 244 Å². The molecule has 5 heterocycles. The van der Waals surface area contributed by atoms with Crippen LogP contribution in [0, 0.1) is 25.7 Å². The first kappa shape index (κ1) is 27.9. The van der Waals surface area contributed by atoms with Crippen molar-refractivity contribution in [3.8, 4) is 5.69 Å². The fraction of sp³-hybridized carbons (Fsp3) is 0.545. The zero-order chi connectivity index (χ0) is 28.3. The maximum absolute atomic E-state index is 12.5. The molecular weight excluding hydrogens is 512 g/mol. The van der Waals surface area contributed by atoms with E-state index in [0.29, 0.717) is 12.3 Å². The maximum atomic E-state index is 12.5. The highest BCUT2D eigenvalue weighted by atomic mass is 16.5. The van der Waals surface area contributed by atoms with Gasteiger partial charge in [0.05, 0.1) is 30.6 Å². The highest BCUT2D eigenvalue weighted by Gasteiger charge is 2.35. The van der Waals surface area contributed by atoms with E-state index in [2.05, 4.69) is 69.6 Å². The third-order valence-corrected chi connectivity index (χ3v) is 9.34. The largest absolute Gasteiger partial charge is 0.469 e. The topological polar surface area (TPSA) is 75.5 Å². The minimum Gasteiger partial charge on any atom is -0.469 e. The Hall–Kier alpha value is -3.23. The number of fused-ring (bicyclic) bond motifs is 2. The van der Waals surface area contributed by atoms with Gasteiger partial charge in [0.1, 0.15) is 5.82 Å². The summed E-state index contributed by atoms with van der Waals surface area (Å²) in [5.74, 6) is 2.44. The molecule has 3 aliphatic heterocycles. The van der Waals surface area contributed by atoms with Gasteiger partial charge in [0, 0.05) is 44.3 Å². The summed E-state index contributed by atoms with van der Waals surface area (Å²) in [5.41, 5.74) is 6.83. The van der Waals surface area contributed by atoms with Crippen molar-refractivity contribution in [2.75, 3.05) is 51.7 Å². The Morgan fingerprint density at radius 3 is 2.71 bits per heavy atom. The maximum Gasteiger partial charge on any atom is 0.306 e. The molecule has 0 aliphatic carbocycles. The van der Waals surface area contributed by atoms with Gasteiger partial charge in [-0.25, -0.2) is 9.67 Å². The molecule has 0 saturated carbocycles. The smallest absolute Gasteiger partial charge is 0.306 e. The van der Waals surface area contributed by atoms with E-state index in [-0.39, 0.29) is 11.9 Å². The Bertz CT molecular complexity index is 1370. The number of ether oxygens (including phenoxy) is 1. The number of nitrogens with one attached hydrogen (secondary N) is 1. The number of hydrogen-bond acceptors (Lipinski definition) is 7. The van der Waals surface area contributed by atoms with Crippen molar-refractivity contribution in [2.24, 2.45) is 11.8 Å². The summed E-state index contributed by atoms with van der Waals surface area (Å²) in [6, 6.07) is 15.1. The quantitative estimate of drug-likeness (QED) is 0.402. The van der Waals surface area contributed by atoms with Gasteiger partial charge in [0.15, 0.2) is 0 Å². The first-order valence-corrected chi connectivity index (χ1v) is 15.3. The number of nitrogens with zero attached hydrogens (tertiary/aromatic N) is 5. The molecule has 6 rings (SSSR count). The summed E-state index contributed by atoms with van der Waals surface area (Å²) in [7, 11) is 1.49. The number of aromatic nitrogens is 3. The molecule has 2 unspecified atom stereocenters. The molecule has 3 aromatic rings. The number of benzene rings is 1. The molecule has 2 saturated heterocycles. The number of esters is 1. The van der Waals surface area contributed by atoms with Crippen LogP contribution in [0.4, 0.5) is 5.82 Å². The monoisotopic (exact) mass is 556 g/mol. The van der Waals surface area contributed by atoms with E-state index < -0.39 is 0 Å². The lowest BCUT2D eigenvalue weighted by Crippen LogP contribution is -2.50. The highest BCUT2D eigenvalue weighted by Crippen LogP contribution is 2.34. The zero-order valence-electron chi connectivity index (χ0n) is 24.8. The van der Waals surface area contributed by atoms with Crippen LogP contribution in [0.2, 0.25) is 0 Å². The van der Waals surface area contributed by atoms with Gasteiger partial charge in [-0.1, -0.05) is 18.2 Å². The van der Waals surface area contributed by atoms with Crippen LogP contribution >= 0.6 is 0 Å². The number of rotatable bonds is 8. The van der Waals surface area contributed by atoms with Crippen LogP contribution in [-0.4, -0.2) is 76.9 Å². The first-order chi connectivity index (χ1) is 19.9. The number of pyridine rings is 1. The van der Waals surface area contributed by atoms with Crippen LogP contribution in [0.5, 0.6) is 0 Å². The Morgan fingerprint density at radius 2 is 1.90 bits per heavy atom. The molecule has 1 N–H and O–H groups in total. The molecule has 0 bridgehead atoms. The van der Waals surface area contributed by atoms with E-state index in [4.69, 9.17) is 9.72 Å². The van der Waals surface area contributed by atoms with Crippen molar-refractivity contribution in [1.29, 1.82) is 0 Å². The summed E-state index contributed by atoms with van der Waals surface area (Å²) < 4.78 is 7.12. The molecule has 8 nitrogen and oxygen atoms in total. The number of hydrogen-bond donors (Lipinski definition) is 1. The lowest BCUT2D eigenvalue weighted by Gasteiger charge is -2.45. The van der Waals surface area contributed by atoms with Crippen molar-refractivity contribution >= 4 is 11.8 Å². The van der Waals surface area contributed by atoms with Crippen LogP contribution in [0.1, 0.15) is 59.8 Å². The van der Waals surface area contributed by atoms with E-state index in [1.54, 1.807) is 0 Å². The molecule has 2 aromatic heterocycles. The molecule has 2 fully saturated rings. The van der Waals surface area contributed by atoms with Gasteiger partial charge < -0.3 is 15.0 Å². The molecule has 3 atom stereocenters. The lowest BCUT2D eigenvalue weighted by atomic mass is 9.79. The van der Waals surface area contributed by atoms with Crippen LogP contribution in [0.15, 0.2) is 42.5 Å². The van der Waals surface area contributed by atoms with Gasteiger partial charge in [-0.3, -0.25) is 9.69 Å². The van der Waals surface area contributed by atoms with Crippen molar-refractivity contribution in [2.45, 2.75) is 58.4 Å². The van der Waals surface area contributed by atoms with Crippen LogP contribution in [0.25, 0.3) is 5.69 Å². The van der Waals surface area contributed by atoms with Crippen LogP contribution in [0.3, 0.4) is 0 Å². The predicted octanol–water partition coefficient (Wildman–Crippen LogP) is 4.73. The summed E-state index contributed by atoms with van der Waals surface area (Å²) in [6.07, 6.45) is 5.19. The van der Waals surface area contributed by atoms with E-state index in [0.717, 1.165) is 81.0 Å². The van der Waals surface area contributed by atoms with E-state index in [1.165, 1.54) is 43.2 Å². The number of piperidine rings is 2. The molecular formula is C33H44N6O2. The minimum absolute atomic E-state index is 0.0720. The molecule has 218 valence electrons. The van der Waals surface area contributed by atoms with Crippen molar-refractivity contribution in [3.63, 3.8) is 0 Å². The minimum atomic E-state index is -0.155. The number of aryl methyl sites for hydroxylation is 3. The van der Waals surface area contributed by atoms with Gasteiger partial charge >= 0.3 is 5.97 Å². The summed E-state index contributed by atoms with van der Waals surface area (Å²) in [5, 5.41) is 8.16. The number of anilines is 1. The average molecular weight is 557 g/mol. The predicted molar refractivity (Wildman–Crippen MR) is 161 cm³/mol. The molecule has 0 radical (unpaired) electrons. The summed E-state index contributed by atoms with van der Waals surface area (Å²) in [6.45, 7) is 11.3. The summed E-state index contributed by atoms with van der Waals surface area (Å²) in [4.78, 5) is 22.7. The van der Waals surface area contributed by atoms with Crippen molar-refractivity contribution in [1.82, 2.24) is 24.6 Å². The molecule has 41 heavy (non-hydrogen) atoms. The molecule has 0 spiro atoms. The molecule has 8 heteroatoms. The Morgan fingerprint density at radius 1 is 1.07 bits per heavy atom. The number of likely N-dealkylation sites (tertiary alicyclic amines) is 2. The van der Waals surface area contributed by atoms with Gasteiger partial charge in [0.2, 0.25) is 0 Å². The Kier molecular flexibility index (Phi) is 8.40. The lowest BCUT2D eigenvalue weighted by molar-refractivity contribution is -0.141. The van der Waals surface area contributed by atoms with Gasteiger partial charge in [0.25, 0.3) is 0 Å². The van der Waals surface area contributed by atoms with Crippen molar-refractivity contribution in [3.05, 3.63) is 70.7 Å². The fourth-order valence-electron chi connectivity index (χ4n) is 7.19. The van der Waals surface area contributed by atoms with Gasteiger partial charge in [-0.2, -0.15) is 5.10 Å². The van der Waals surface area contributed by atoms with Crippen LogP contribution in [-0.2, 0) is 22.5 Å². The number of carbonyl (C=O) groups is 1. The SMILES string of the molecule is COC(=O)C[C@H](CN1CCC2CCN(Cc3ccc4c(n3)NCCC4)CC2C1)c1cccc(-n2nc(C)cc2C)c1. The second kappa shape index (κ2) is 12.3. The van der Waals surface area contributed by atoms with Crippen LogP contribution < -0.4 is 5.32 Å². The Balaban J connectivity index is 1.13. The summed E-state index contributed by atoms with van der Waals surface area (Å²) >= 11 is 0. The number of methoxy groups -OCH3 is 1. The second-order valence-corrected chi connectivity index (χ2v) is 12.3. The highest BCUT2D eigenvalue weighted by molar-refractivity contribution is 5.70. The standard InChI is InChI=1S/C33H44N6O2/c1-23-16-24(2)39(36-23)31-8-4-6-27(17-31)28(18-32(40)41-3)19-37-14-11-25-12-15-38(21-29(25)20-37)22-30-10-9-26-7-5-13-34-33(26)35-30/h4,6,8-10,16-17,25,28-29H,5,7,11-15,18-22H2,1-3H3,(H,34,35)/t25?,28-,29?/m1/s1. The van der Waals surface area contributed by atoms with Crippen molar-refractivity contribution < 1.29 is 9.53 Å². The average Bonchev–Trinajstić information content (AvgIpc) is 3.34. The van der Waals surface area contributed by atoms with E-state index >= 15 is 0 Å². The third kappa shape index (κ3) is 6.49. The molecule has 1 aromatic carbocycles. The van der Waals surface area contributed by atoms with E-state index in [1.807, 2.05) is 11.6 Å². The molecule has 0 amide bonds. The first-order valence-electron chi connectivity index (χ1n) is 15.3. The third-order valence-electron chi connectivity index (χ3n) is 9.34. The second-order valence-electron chi connectivity index (χ2n) is 12.3. The van der Waals surface area contributed by atoms with E-state index in [9.17, 15) is 4.79 Å². The van der Waals surface area contributed by atoms with Gasteiger partial charge in [-0.15, -0.1) is 0 Å². The molecule has 3 aliphatic rings. The van der Waals surface area contributed by atoms with Gasteiger partial charge in [-0.05, 0) is 99.8 Å². The fourth-order valence-corrected chi connectivity index (χ4v) is 7.19. The number of carbonyl (C=O) groups excluding carboxylic acids is 1.